The van der Waals surface area contributed by atoms with E-state index >= 15 is 0 Å². The van der Waals surface area contributed by atoms with E-state index in [9.17, 15) is 0 Å². The van der Waals surface area contributed by atoms with Crippen molar-refractivity contribution in [1.82, 2.24) is 0 Å². The second-order valence-electron chi connectivity index (χ2n) is 14.9. The van der Waals surface area contributed by atoms with Crippen molar-refractivity contribution in [3.63, 3.8) is 0 Å². The highest BCUT2D eigenvalue weighted by atomic mass is 16.3. The first-order chi connectivity index (χ1) is 28.8. The highest BCUT2D eigenvalue weighted by Crippen LogP contribution is 2.47. The van der Waals surface area contributed by atoms with E-state index in [2.05, 4.69) is 223 Å². The maximum absolute atomic E-state index is 6.77. The fraction of sp³-hybridized carbons (Fsp3) is 0. The van der Waals surface area contributed by atoms with Gasteiger partial charge >= 0.3 is 0 Å². The molecule has 11 rings (SSSR count). The third-order valence-electron chi connectivity index (χ3n) is 11.5. The van der Waals surface area contributed by atoms with Crippen LogP contribution in [0.25, 0.3) is 88.0 Å². The summed E-state index contributed by atoms with van der Waals surface area (Å²) in [4.78, 5) is 2.40. The van der Waals surface area contributed by atoms with E-state index in [-0.39, 0.29) is 0 Å². The van der Waals surface area contributed by atoms with Crippen LogP contribution in [0.3, 0.4) is 0 Å². The number of rotatable bonds is 7. The number of nitrogens with zero attached hydrogens (tertiary/aromatic N) is 1. The van der Waals surface area contributed by atoms with Crippen LogP contribution in [0.1, 0.15) is 0 Å². The zero-order valence-corrected chi connectivity index (χ0v) is 31.7. The molecule has 272 valence electrons. The van der Waals surface area contributed by atoms with Crippen molar-refractivity contribution in [3.05, 3.63) is 224 Å². The zero-order chi connectivity index (χ0) is 38.4. The molecule has 1 heterocycles. The number of furan rings is 1. The Kier molecular flexibility index (Phi) is 8.19. The first kappa shape index (κ1) is 33.6. The highest BCUT2D eigenvalue weighted by Gasteiger charge is 2.23. The predicted octanol–water partition coefficient (Wildman–Crippen LogP) is 16.0. The first-order valence-corrected chi connectivity index (χ1v) is 19.8. The lowest BCUT2D eigenvalue weighted by atomic mass is 9.93. The van der Waals surface area contributed by atoms with Crippen LogP contribution >= 0.6 is 0 Å². The molecule has 0 N–H and O–H groups in total. The molecule has 0 saturated heterocycles. The molecule has 0 aliphatic carbocycles. The van der Waals surface area contributed by atoms with Gasteiger partial charge in [-0.2, -0.15) is 0 Å². The molecule has 0 bridgehead atoms. The second-order valence-corrected chi connectivity index (χ2v) is 14.9. The molecule has 0 unspecified atom stereocenters. The Morgan fingerprint density at radius 3 is 1.59 bits per heavy atom. The van der Waals surface area contributed by atoms with E-state index in [1.54, 1.807) is 0 Å². The molecule has 0 aliphatic rings. The summed E-state index contributed by atoms with van der Waals surface area (Å²) >= 11 is 0. The fourth-order valence-electron chi connectivity index (χ4n) is 8.66. The van der Waals surface area contributed by atoms with Crippen LogP contribution in [0.5, 0.6) is 0 Å². The first-order valence-electron chi connectivity index (χ1n) is 19.8. The van der Waals surface area contributed by atoms with Gasteiger partial charge in [0.1, 0.15) is 11.2 Å². The molecular weight excluding hydrogens is 703 g/mol. The molecule has 0 aliphatic heterocycles. The summed E-state index contributed by atoms with van der Waals surface area (Å²) in [6.07, 6.45) is 0. The lowest BCUT2D eigenvalue weighted by molar-refractivity contribution is 0.670. The molecule has 10 aromatic carbocycles. The predicted molar refractivity (Wildman–Crippen MR) is 245 cm³/mol. The molecular formula is C56H37NO. The maximum atomic E-state index is 6.77. The molecule has 1 aromatic heterocycles. The summed E-state index contributed by atoms with van der Waals surface area (Å²) in [6, 6.07) is 80.6. The van der Waals surface area contributed by atoms with Crippen LogP contribution in [-0.4, -0.2) is 0 Å². The van der Waals surface area contributed by atoms with Gasteiger partial charge in [-0.15, -0.1) is 0 Å². The highest BCUT2D eigenvalue weighted by molar-refractivity contribution is 6.17. The lowest BCUT2D eigenvalue weighted by Gasteiger charge is -2.27. The van der Waals surface area contributed by atoms with E-state index in [1.807, 2.05) is 6.07 Å². The third-order valence-corrected chi connectivity index (χ3v) is 11.5. The molecule has 0 amide bonds. The van der Waals surface area contributed by atoms with Gasteiger partial charge in [-0.05, 0) is 109 Å². The molecule has 0 spiro atoms. The van der Waals surface area contributed by atoms with E-state index in [0.717, 1.165) is 61.3 Å². The second kappa shape index (κ2) is 14.1. The van der Waals surface area contributed by atoms with E-state index in [1.165, 1.54) is 43.8 Å². The molecule has 0 saturated carbocycles. The Hall–Kier alpha value is -7.68. The van der Waals surface area contributed by atoms with E-state index < -0.39 is 0 Å². The Morgan fingerprint density at radius 2 is 0.862 bits per heavy atom. The summed E-state index contributed by atoms with van der Waals surface area (Å²) in [6.45, 7) is 0. The summed E-state index contributed by atoms with van der Waals surface area (Å²) in [5.41, 5.74) is 14.3. The lowest BCUT2D eigenvalue weighted by Crippen LogP contribution is -2.10. The van der Waals surface area contributed by atoms with Gasteiger partial charge in [0.15, 0.2) is 0 Å². The van der Waals surface area contributed by atoms with Crippen LogP contribution in [0.4, 0.5) is 17.1 Å². The molecule has 2 nitrogen and oxygen atoms in total. The van der Waals surface area contributed by atoms with Crippen molar-refractivity contribution in [3.8, 4) is 44.5 Å². The summed E-state index contributed by atoms with van der Waals surface area (Å²) in [5.74, 6) is 0. The number of hydrogen-bond acceptors (Lipinski definition) is 2. The molecule has 58 heavy (non-hydrogen) atoms. The van der Waals surface area contributed by atoms with Crippen molar-refractivity contribution in [1.29, 1.82) is 0 Å². The maximum Gasteiger partial charge on any atom is 0.145 e. The minimum Gasteiger partial charge on any atom is -0.455 e. The standard InChI is InChI=1S/C56H37NO/c1-3-14-38(15-4-1)39-26-28-40(29-27-39)41-30-32-45(33-31-41)57(53-35-34-48(42-16-5-2-6-17-42)56-55(53)51-24-11-12-25-54(51)58-56)46-20-13-19-43(36-46)52-37-44-18-7-8-21-47(44)49-22-9-10-23-50(49)52/h1-37H. The van der Waals surface area contributed by atoms with Gasteiger partial charge in [0.25, 0.3) is 0 Å². The largest absolute Gasteiger partial charge is 0.455 e. The van der Waals surface area contributed by atoms with Gasteiger partial charge in [-0.25, -0.2) is 0 Å². The molecule has 2 heteroatoms. The molecule has 0 radical (unpaired) electrons. The normalized spacial score (nSPS) is 11.4. The quantitative estimate of drug-likeness (QED) is 0.151. The topological polar surface area (TPSA) is 16.4 Å². The van der Waals surface area contributed by atoms with Gasteiger partial charge in [-0.1, -0.05) is 176 Å². The monoisotopic (exact) mass is 739 g/mol. The average molecular weight is 740 g/mol. The summed E-state index contributed by atoms with van der Waals surface area (Å²) in [7, 11) is 0. The Morgan fingerprint density at radius 1 is 0.310 bits per heavy atom. The number of anilines is 3. The zero-order valence-electron chi connectivity index (χ0n) is 31.7. The van der Waals surface area contributed by atoms with Crippen LogP contribution in [0, 0.1) is 0 Å². The van der Waals surface area contributed by atoms with Crippen molar-refractivity contribution in [2.75, 3.05) is 4.90 Å². The third kappa shape index (κ3) is 5.82. The molecule has 0 fully saturated rings. The van der Waals surface area contributed by atoms with E-state index in [0.29, 0.717) is 0 Å². The van der Waals surface area contributed by atoms with Crippen molar-refractivity contribution >= 4 is 60.5 Å². The van der Waals surface area contributed by atoms with Crippen LogP contribution in [-0.2, 0) is 0 Å². The number of benzene rings is 10. The van der Waals surface area contributed by atoms with Crippen molar-refractivity contribution in [2.45, 2.75) is 0 Å². The van der Waals surface area contributed by atoms with Gasteiger partial charge in [-0.3, -0.25) is 0 Å². The molecule has 0 atom stereocenters. The number of fused-ring (bicyclic) bond motifs is 6. The summed E-state index contributed by atoms with van der Waals surface area (Å²) in [5, 5.41) is 7.16. The van der Waals surface area contributed by atoms with Gasteiger partial charge in [0, 0.05) is 22.3 Å². The van der Waals surface area contributed by atoms with Crippen LogP contribution < -0.4 is 4.90 Å². The van der Waals surface area contributed by atoms with Crippen molar-refractivity contribution < 1.29 is 4.42 Å². The smallest absolute Gasteiger partial charge is 0.145 e. The average Bonchev–Trinajstić information content (AvgIpc) is 3.70. The van der Waals surface area contributed by atoms with Gasteiger partial charge in [0.2, 0.25) is 0 Å². The van der Waals surface area contributed by atoms with Gasteiger partial charge < -0.3 is 9.32 Å². The van der Waals surface area contributed by atoms with E-state index in [4.69, 9.17) is 4.42 Å². The Labute approximate surface area is 337 Å². The number of para-hydroxylation sites is 1. The van der Waals surface area contributed by atoms with Gasteiger partial charge in [0.05, 0.1) is 11.1 Å². The molecule has 11 aromatic rings. The summed E-state index contributed by atoms with van der Waals surface area (Å²) < 4.78 is 6.77. The number of hydrogen-bond donors (Lipinski definition) is 0. The van der Waals surface area contributed by atoms with Crippen molar-refractivity contribution in [2.24, 2.45) is 0 Å². The van der Waals surface area contributed by atoms with Crippen LogP contribution in [0.15, 0.2) is 229 Å². The Balaban J connectivity index is 1.10. The van der Waals surface area contributed by atoms with Crippen LogP contribution in [0.2, 0.25) is 0 Å². The SMILES string of the molecule is c1ccc(-c2ccc(-c3ccc(N(c4cccc(-c5cc6ccccc6c6ccccc56)c4)c4ccc(-c5ccccc5)c5oc6ccccc6c45)cc3)cc2)cc1. The Bertz CT molecular complexity index is 3250. The fourth-order valence-corrected chi connectivity index (χ4v) is 8.66. The minimum atomic E-state index is 0.868. The minimum absolute atomic E-state index is 0.868.